The van der Waals surface area contributed by atoms with E-state index in [9.17, 15) is 29.1 Å². The zero-order valence-corrected chi connectivity index (χ0v) is 20.8. The highest BCUT2D eigenvalue weighted by atomic mass is 16.4. The Bertz CT molecular complexity index is 986. The minimum atomic E-state index is -1.30. The van der Waals surface area contributed by atoms with Gasteiger partial charge in [-0.05, 0) is 12.3 Å². The molecule has 5 N–H and O–H groups in total. The number of amides is 2. The molecule has 3 atom stereocenters. The molecule has 0 aliphatic heterocycles. The van der Waals surface area contributed by atoms with E-state index in [1.54, 1.807) is 67.7 Å². The van der Waals surface area contributed by atoms with Crippen LogP contribution in [-0.2, 0) is 24.0 Å². The standard InChI is InChI=1S/C27H34N2O8/c1-3-20(2)25(27(36)37)29-23(31)17-15-13-11-9-7-5-4-6-8-10-12-14-16-22(30)28-21(26(34)35)18-19-24(32)33/h4-17,20-21,25H,3,18-19H2,1-2H3,(H,28,30)(H,29,31)(H,32,33)(H,34,35)(H,36,37)/b5-4+,8-6+,9-7+,12-10+,13-11+,16-14+,17-15+/t20-,21-,25-/m0/s1. The van der Waals surface area contributed by atoms with Gasteiger partial charge in [0, 0.05) is 18.6 Å². The maximum Gasteiger partial charge on any atom is 0.326 e. The van der Waals surface area contributed by atoms with Crippen LogP contribution >= 0.6 is 0 Å². The smallest absolute Gasteiger partial charge is 0.326 e. The largest absolute Gasteiger partial charge is 0.481 e. The summed E-state index contributed by atoms with van der Waals surface area (Å²) in [7, 11) is 0. The third-order valence-electron chi connectivity index (χ3n) is 4.76. The van der Waals surface area contributed by atoms with Crippen LogP contribution in [0.3, 0.4) is 0 Å². The van der Waals surface area contributed by atoms with E-state index in [1.165, 1.54) is 18.2 Å². The Labute approximate surface area is 216 Å². The second kappa shape index (κ2) is 19.8. The fraction of sp³-hybridized carbons (Fsp3) is 0.296. The Morgan fingerprint density at radius 1 is 0.649 bits per heavy atom. The monoisotopic (exact) mass is 514 g/mol. The normalized spacial score (nSPS) is 14.9. The SMILES string of the molecule is CC[C@H](C)[C@H](NC(=O)/C=C/C=C/C=C/C=C/C=C/C=C/C=C/C(=O)N[C@@H](CCC(=O)O)C(=O)O)C(=O)O. The van der Waals surface area contributed by atoms with Crippen LogP contribution in [0.4, 0.5) is 0 Å². The lowest BCUT2D eigenvalue weighted by atomic mass is 9.99. The minimum Gasteiger partial charge on any atom is -0.481 e. The number of hydrogen-bond donors (Lipinski definition) is 5. The molecule has 0 heterocycles. The van der Waals surface area contributed by atoms with Crippen molar-refractivity contribution in [2.75, 3.05) is 0 Å². The average molecular weight is 515 g/mol. The predicted molar refractivity (Wildman–Crippen MR) is 139 cm³/mol. The molecule has 0 aromatic carbocycles. The van der Waals surface area contributed by atoms with E-state index in [0.717, 1.165) is 6.08 Å². The quantitative estimate of drug-likeness (QED) is 0.146. The summed E-state index contributed by atoms with van der Waals surface area (Å²) in [6.45, 7) is 3.62. The first-order valence-electron chi connectivity index (χ1n) is 11.5. The molecular weight excluding hydrogens is 480 g/mol. The number of rotatable bonds is 17. The van der Waals surface area contributed by atoms with E-state index in [-0.39, 0.29) is 18.8 Å². The number of carboxylic acids is 3. The number of hydrogen-bond acceptors (Lipinski definition) is 5. The Hall–Kier alpha value is -4.47. The average Bonchev–Trinajstić information content (AvgIpc) is 2.84. The molecule has 0 fully saturated rings. The van der Waals surface area contributed by atoms with Crippen molar-refractivity contribution in [1.82, 2.24) is 10.6 Å². The highest BCUT2D eigenvalue weighted by Crippen LogP contribution is 2.07. The fourth-order valence-electron chi connectivity index (χ4n) is 2.56. The molecule has 0 bridgehead atoms. The molecule has 0 aromatic heterocycles. The summed E-state index contributed by atoms with van der Waals surface area (Å²) in [5, 5.41) is 31.5. The highest BCUT2D eigenvalue weighted by molar-refractivity contribution is 5.92. The van der Waals surface area contributed by atoms with Crippen LogP contribution in [0, 0.1) is 5.92 Å². The molecule has 0 aliphatic rings. The lowest BCUT2D eigenvalue weighted by Crippen LogP contribution is -2.44. The van der Waals surface area contributed by atoms with Gasteiger partial charge in [0.15, 0.2) is 0 Å². The molecular formula is C27H34N2O8. The van der Waals surface area contributed by atoms with Crippen molar-refractivity contribution in [3.8, 4) is 0 Å². The maximum atomic E-state index is 11.8. The van der Waals surface area contributed by atoms with E-state index in [2.05, 4.69) is 10.6 Å². The third-order valence-corrected chi connectivity index (χ3v) is 4.76. The van der Waals surface area contributed by atoms with Gasteiger partial charge in [-0.25, -0.2) is 9.59 Å². The molecule has 2 amide bonds. The molecule has 0 saturated heterocycles. The van der Waals surface area contributed by atoms with E-state index in [0.29, 0.717) is 6.42 Å². The summed E-state index contributed by atoms with van der Waals surface area (Å²) in [5.74, 6) is -4.80. The summed E-state index contributed by atoms with van der Waals surface area (Å²) in [6.07, 6.45) is 22.4. The number of aliphatic carboxylic acids is 3. The summed E-state index contributed by atoms with van der Waals surface area (Å²) in [5.41, 5.74) is 0. The van der Waals surface area contributed by atoms with Crippen molar-refractivity contribution in [2.24, 2.45) is 5.92 Å². The lowest BCUT2D eigenvalue weighted by molar-refractivity contribution is -0.143. The van der Waals surface area contributed by atoms with Crippen LogP contribution in [0.25, 0.3) is 0 Å². The molecule has 10 heteroatoms. The molecule has 37 heavy (non-hydrogen) atoms. The molecule has 0 aliphatic carbocycles. The van der Waals surface area contributed by atoms with E-state index >= 15 is 0 Å². The minimum absolute atomic E-state index is 0.177. The van der Waals surface area contributed by atoms with Gasteiger partial charge in [-0.1, -0.05) is 93.2 Å². The summed E-state index contributed by atoms with van der Waals surface area (Å²) < 4.78 is 0. The van der Waals surface area contributed by atoms with Gasteiger partial charge >= 0.3 is 17.9 Å². The number of nitrogens with one attached hydrogen (secondary N) is 2. The van der Waals surface area contributed by atoms with Gasteiger partial charge in [-0.3, -0.25) is 14.4 Å². The molecule has 0 unspecified atom stereocenters. The molecule has 200 valence electrons. The first kappa shape index (κ1) is 32.5. The maximum absolute atomic E-state index is 11.8. The number of carbonyl (C=O) groups is 5. The molecule has 10 nitrogen and oxygen atoms in total. The van der Waals surface area contributed by atoms with Crippen LogP contribution in [0.1, 0.15) is 33.1 Å². The first-order chi connectivity index (χ1) is 17.6. The topological polar surface area (TPSA) is 170 Å². The predicted octanol–water partition coefficient (Wildman–Crippen LogP) is 2.93. The molecule has 0 aromatic rings. The lowest BCUT2D eigenvalue weighted by Gasteiger charge is -2.19. The highest BCUT2D eigenvalue weighted by Gasteiger charge is 2.24. The number of carbonyl (C=O) groups excluding carboxylic acids is 2. The zero-order valence-electron chi connectivity index (χ0n) is 20.8. The fourth-order valence-corrected chi connectivity index (χ4v) is 2.56. The van der Waals surface area contributed by atoms with Gasteiger partial charge in [0.05, 0.1) is 0 Å². The van der Waals surface area contributed by atoms with Crippen molar-refractivity contribution >= 4 is 29.7 Å². The van der Waals surface area contributed by atoms with Crippen molar-refractivity contribution in [3.05, 3.63) is 85.1 Å². The Kier molecular flexibility index (Phi) is 17.4. The van der Waals surface area contributed by atoms with Crippen LogP contribution in [0.2, 0.25) is 0 Å². The third kappa shape index (κ3) is 17.6. The molecule has 0 radical (unpaired) electrons. The molecule has 0 rings (SSSR count). The van der Waals surface area contributed by atoms with Crippen molar-refractivity contribution in [1.29, 1.82) is 0 Å². The summed E-state index contributed by atoms with van der Waals surface area (Å²) >= 11 is 0. The molecule has 0 spiro atoms. The molecule has 0 saturated carbocycles. The Morgan fingerprint density at radius 2 is 1.05 bits per heavy atom. The van der Waals surface area contributed by atoms with E-state index < -0.39 is 41.8 Å². The Morgan fingerprint density at radius 3 is 1.41 bits per heavy atom. The van der Waals surface area contributed by atoms with Gasteiger partial charge in [-0.15, -0.1) is 0 Å². The van der Waals surface area contributed by atoms with Gasteiger partial charge in [-0.2, -0.15) is 0 Å². The van der Waals surface area contributed by atoms with Crippen LogP contribution < -0.4 is 10.6 Å². The van der Waals surface area contributed by atoms with Gasteiger partial charge in [0.25, 0.3) is 0 Å². The van der Waals surface area contributed by atoms with Crippen LogP contribution in [0.15, 0.2) is 85.1 Å². The Balaban J connectivity index is 4.38. The zero-order chi connectivity index (χ0) is 28.1. The van der Waals surface area contributed by atoms with Crippen molar-refractivity contribution in [3.63, 3.8) is 0 Å². The summed E-state index contributed by atoms with van der Waals surface area (Å²) in [6, 6.07) is -2.20. The van der Waals surface area contributed by atoms with Crippen LogP contribution in [0.5, 0.6) is 0 Å². The van der Waals surface area contributed by atoms with Crippen molar-refractivity contribution in [2.45, 2.75) is 45.2 Å². The van der Waals surface area contributed by atoms with Gasteiger partial charge in [0.2, 0.25) is 11.8 Å². The second-order valence-corrected chi connectivity index (χ2v) is 7.68. The van der Waals surface area contributed by atoms with Gasteiger partial charge in [0.1, 0.15) is 12.1 Å². The number of carboxylic acid groups (broad SMARTS) is 3. The second-order valence-electron chi connectivity index (χ2n) is 7.68. The first-order valence-corrected chi connectivity index (χ1v) is 11.5. The van der Waals surface area contributed by atoms with E-state index in [4.69, 9.17) is 10.2 Å². The van der Waals surface area contributed by atoms with E-state index in [1.807, 2.05) is 6.92 Å². The van der Waals surface area contributed by atoms with Gasteiger partial charge < -0.3 is 26.0 Å². The van der Waals surface area contributed by atoms with Crippen molar-refractivity contribution < 1.29 is 39.3 Å². The van der Waals surface area contributed by atoms with Crippen LogP contribution in [-0.4, -0.2) is 57.1 Å². The number of allylic oxidation sites excluding steroid dienone is 12. The summed E-state index contributed by atoms with van der Waals surface area (Å²) in [4.78, 5) is 56.3.